The predicted octanol–water partition coefficient (Wildman–Crippen LogP) is 1.48. The Morgan fingerprint density at radius 1 is 1.05 bits per heavy atom. The summed E-state index contributed by atoms with van der Waals surface area (Å²) in [5.74, 6) is -0.697. The Kier molecular flexibility index (Phi) is 7.87. The lowest BCUT2D eigenvalue weighted by Crippen LogP contribution is -2.56. The Morgan fingerprint density at radius 3 is 2.59 bits per heavy atom. The van der Waals surface area contributed by atoms with Crippen LogP contribution in [0.1, 0.15) is 48.8 Å². The molecule has 0 radical (unpaired) electrons. The molecule has 10 heteroatoms. The van der Waals surface area contributed by atoms with Gasteiger partial charge in [0.15, 0.2) is 6.61 Å². The quantitative estimate of drug-likeness (QED) is 0.477. The van der Waals surface area contributed by atoms with Gasteiger partial charge in [0.2, 0.25) is 11.8 Å². The number of carbonyl (C=O) groups is 3. The lowest BCUT2D eigenvalue weighted by atomic mass is 9.71. The van der Waals surface area contributed by atoms with E-state index in [0.29, 0.717) is 42.0 Å². The largest absolute Gasteiger partial charge is 0.483 e. The van der Waals surface area contributed by atoms with E-state index in [1.807, 2.05) is 6.92 Å². The molecule has 3 N–H and O–H groups in total. The van der Waals surface area contributed by atoms with Crippen LogP contribution in [0.25, 0.3) is 11.0 Å². The Bertz CT molecular complexity index is 1270. The van der Waals surface area contributed by atoms with E-state index in [4.69, 9.17) is 9.15 Å². The van der Waals surface area contributed by atoms with Gasteiger partial charge >= 0.3 is 5.63 Å². The molecule has 4 rings (SSSR count). The summed E-state index contributed by atoms with van der Waals surface area (Å²) in [5.41, 5.74) is 1.32. The molecule has 1 saturated heterocycles. The number of piperidine rings is 1. The summed E-state index contributed by atoms with van der Waals surface area (Å²) in [5, 5.41) is 16.6. The highest BCUT2D eigenvalue weighted by atomic mass is 16.5. The van der Waals surface area contributed by atoms with Gasteiger partial charge in [0.05, 0.1) is 18.7 Å². The molecule has 2 heterocycles. The van der Waals surface area contributed by atoms with Gasteiger partial charge in [-0.15, -0.1) is 0 Å². The zero-order chi connectivity index (χ0) is 26.7. The number of amides is 3. The molecular formula is C27H35N3O7. The smallest absolute Gasteiger partial charge is 0.339 e. The molecule has 200 valence electrons. The highest BCUT2D eigenvalue weighted by molar-refractivity contribution is 5.89. The van der Waals surface area contributed by atoms with Crippen molar-refractivity contribution in [3.05, 3.63) is 39.2 Å². The van der Waals surface area contributed by atoms with Gasteiger partial charge in [-0.1, -0.05) is 12.8 Å². The van der Waals surface area contributed by atoms with Crippen molar-refractivity contribution in [2.45, 2.75) is 58.5 Å². The van der Waals surface area contributed by atoms with Gasteiger partial charge < -0.3 is 29.8 Å². The van der Waals surface area contributed by atoms with Crippen LogP contribution < -0.4 is 21.0 Å². The van der Waals surface area contributed by atoms with Crippen molar-refractivity contribution < 1.29 is 28.6 Å². The molecule has 37 heavy (non-hydrogen) atoms. The maximum atomic E-state index is 12.6. The summed E-state index contributed by atoms with van der Waals surface area (Å²) < 4.78 is 11.0. The van der Waals surface area contributed by atoms with Crippen LogP contribution in [0.4, 0.5) is 0 Å². The van der Waals surface area contributed by atoms with E-state index in [1.54, 1.807) is 30.9 Å². The number of likely N-dealkylation sites (tertiary alicyclic amines) is 1. The first-order valence-electron chi connectivity index (χ1n) is 12.8. The molecule has 0 spiro atoms. The van der Waals surface area contributed by atoms with Crippen LogP contribution in [0.5, 0.6) is 5.75 Å². The fraction of sp³-hybridized carbons (Fsp3) is 0.556. The molecule has 2 aromatic rings. The van der Waals surface area contributed by atoms with Gasteiger partial charge in [-0.2, -0.15) is 0 Å². The number of ether oxygens (including phenoxy) is 1. The third-order valence-corrected chi connectivity index (χ3v) is 7.85. The van der Waals surface area contributed by atoms with Crippen LogP contribution in [0.2, 0.25) is 0 Å². The minimum atomic E-state index is -0.665. The lowest BCUT2D eigenvalue weighted by molar-refractivity contribution is -0.143. The Labute approximate surface area is 215 Å². The van der Waals surface area contributed by atoms with Crippen molar-refractivity contribution >= 4 is 28.7 Å². The zero-order valence-corrected chi connectivity index (χ0v) is 21.6. The minimum absolute atomic E-state index is 0.0874. The van der Waals surface area contributed by atoms with E-state index in [2.05, 4.69) is 10.6 Å². The van der Waals surface area contributed by atoms with Crippen molar-refractivity contribution in [2.24, 2.45) is 5.92 Å². The number of nitrogens with zero attached hydrogens (tertiary/aromatic N) is 1. The van der Waals surface area contributed by atoms with Crippen LogP contribution in [0, 0.1) is 26.7 Å². The van der Waals surface area contributed by atoms with E-state index in [0.717, 1.165) is 36.6 Å². The molecule has 2 aliphatic rings. The number of carbonyl (C=O) groups excluding carboxylic acids is 3. The average molecular weight is 514 g/mol. The molecule has 1 aliphatic carbocycles. The van der Waals surface area contributed by atoms with Crippen molar-refractivity contribution in [3.63, 3.8) is 0 Å². The monoisotopic (exact) mass is 513 g/mol. The summed E-state index contributed by atoms with van der Waals surface area (Å²) in [6.45, 7) is 5.52. The summed E-state index contributed by atoms with van der Waals surface area (Å²) in [6, 6.07) is 3.49. The van der Waals surface area contributed by atoms with E-state index < -0.39 is 23.0 Å². The number of hydrogen-bond acceptors (Lipinski definition) is 7. The molecule has 1 aromatic carbocycles. The topological polar surface area (TPSA) is 138 Å². The number of nitrogens with one attached hydrogen (secondary N) is 2. The molecule has 10 nitrogen and oxygen atoms in total. The van der Waals surface area contributed by atoms with Crippen LogP contribution in [-0.4, -0.2) is 66.1 Å². The number of aryl methyl sites for hydroxylation is 2. The predicted molar refractivity (Wildman–Crippen MR) is 136 cm³/mol. The van der Waals surface area contributed by atoms with Crippen molar-refractivity contribution in [3.8, 4) is 5.75 Å². The summed E-state index contributed by atoms with van der Waals surface area (Å²) in [7, 11) is 0. The molecule has 2 fully saturated rings. The summed E-state index contributed by atoms with van der Waals surface area (Å²) in [6.07, 6.45) is 4.34. The van der Waals surface area contributed by atoms with Crippen molar-refractivity contribution in [2.75, 3.05) is 32.8 Å². The highest BCUT2D eigenvalue weighted by Gasteiger charge is 2.43. The molecule has 0 bridgehead atoms. The molecule has 0 unspecified atom stereocenters. The third kappa shape index (κ3) is 5.79. The lowest BCUT2D eigenvalue weighted by Gasteiger charge is -2.47. The van der Waals surface area contributed by atoms with E-state index in [1.165, 1.54) is 0 Å². The maximum Gasteiger partial charge on any atom is 0.339 e. The number of benzene rings is 1. The normalized spacial score (nSPS) is 21.3. The SMILES string of the molecule is Cc1c(C)c2ccc(OCC(=O)NCC(=O)NCC(=O)N3CC[C@@]4(O)CCCC[C@H]4C3)c(C)c2oc1=O. The minimum Gasteiger partial charge on any atom is -0.483 e. The molecular weight excluding hydrogens is 478 g/mol. The second kappa shape index (κ2) is 10.9. The van der Waals surface area contributed by atoms with Crippen LogP contribution in [0.15, 0.2) is 21.3 Å². The Morgan fingerprint density at radius 2 is 1.81 bits per heavy atom. The van der Waals surface area contributed by atoms with Gasteiger partial charge in [-0.05, 0) is 57.7 Å². The van der Waals surface area contributed by atoms with E-state index >= 15 is 0 Å². The number of rotatable bonds is 7. The number of hydrogen-bond donors (Lipinski definition) is 3. The second-order valence-electron chi connectivity index (χ2n) is 10.2. The van der Waals surface area contributed by atoms with E-state index in [-0.39, 0.29) is 31.5 Å². The van der Waals surface area contributed by atoms with Gasteiger partial charge in [0.25, 0.3) is 5.91 Å². The van der Waals surface area contributed by atoms with Gasteiger partial charge in [0, 0.05) is 35.5 Å². The van der Waals surface area contributed by atoms with Crippen LogP contribution in [0.3, 0.4) is 0 Å². The van der Waals surface area contributed by atoms with Crippen molar-refractivity contribution in [1.29, 1.82) is 0 Å². The standard InChI is InChI=1S/C27H35N3O7/c1-16-17(2)26(34)37-25-18(3)21(8-7-20(16)25)36-15-23(32)28-12-22(31)29-13-24(33)30-11-10-27(35)9-5-4-6-19(27)14-30/h7-8,19,35H,4-6,9-15H2,1-3H3,(H,28,32)(H,29,31)/t19-,27-/m0/s1. The third-order valence-electron chi connectivity index (χ3n) is 7.85. The summed E-state index contributed by atoms with van der Waals surface area (Å²) in [4.78, 5) is 50.7. The molecule has 1 aliphatic heterocycles. The van der Waals surface area contributed by atoms with Gasteiger partial charge in [-0.3, -0.25) is 14.4 Å². The van der Waals surface area contributed by atoms with Crippen LogP contribution in [-0.2, 0) is 14.4 Å². The molecule has 3 amide bonds. The number of fused-ring (bicyclic) bond motifs is 2. The fourth-order valence-electron chi connectivity index (χ4n) is 5.30. The first-order valence-corrected chi connectivity index (χ1v) is 12.8. The zero-order valence-electron chi connectivity index (χ0n) is 21.6. The highest BCUT2D eigenvalue weighted by Crippen LogP contribution is 2.39. The van der Waals surface area contributed by atoms with E-state index in [9.17, 15) is 24.3 Å². The van der Waals surface area contributed by atoms with Gasteiger partial charge in [-0.25, -0.2) is 4.79 Å². The number of aliphatic hydroxyl groups is 1. The van der Waals surface area contributed by atoms with Crippen molar-refractivity contribution in [1.82, 2.24) is 15.5 Å². The Hall–Kier alpha value is -3.40. The first kappa shape index (κ1) is 26.7. The summed E-state index contributed by atoms with van der Waals surface area (Å²) >= 11 is 0. The Balaban J connectivity index is 1.21. The maximum absolute atomic E-state index is 12.6. The molecule has 1 aromatic heterocycles. The molecule has 2 atom stereocenters. The average Bonchev–Trinajstić information content (AvgIpc) is 2.88. The second-order valence-corrected chi connectivity index (χ2v) is 10.2. The van der Waals surface area contributed by atoms with Gasteiger partial charge in [0.1, 0.15) is 11.3 Å². The fourth-order valence-corrected chi connectivity index (χ4v) is 5.30. The molecule has 1 saturated carbocycles. The van der Waals surface area contributed by atoms with Crippen LogP contribution >= 0.6 is 0 Å². The first-order chi connectivity index (χ1) is 17.6.